The molecule has 0 bridgehead atoms. The topological polar surface area (TPSA) is 12.4 Å². The van der Waals surface area contributed by atoms with Crippen LogP contribution in [0.3, 0.4) is 0 Å². The zero-order valence-corrected chi connectivity index (χ0v) is 9.36. The zero-order chi connectivity index (χ0) is 11.7. The lowest BCUT2D eigenvalue weighted by atomic mass is 10.1. The molecular formula is C15H12FN. The van der Waals surface area contributed by atoms with Crippen LogP contribution in [0, 0.1) is 5.82 Å². The molecule has 17 heavy (non-hydrogen) atoms. The second-order valence-corrected chi connectivity index (χ2v) is 4.28. The highest BCUT2D eigenvalue weighted by molar-refractivity contribution is 5.94. The third kappa shape index (κ3) is 2.11. The summed E-state index contributed by atoms with van der Waals surface area (Å²) in [6.45, 7) is 0. The van der Waals surface area contributed by atoms with Crippen molar-refractivity contribution in [3.05, 3.63) is 65.5 Å². The van der Waals surface area contributed by atoms with Gasteiger partial charge in [0, 0.05) is 18.6 Å². The molecule has 0 spiro atoms. The van der Waals surface area contributed by atoms with E-state index < -0.39 is 0 Å². The van der Waals surface area contributed by atoms with Crippen molar-refractivity contribution in [1.29, 1.82) is 0 Å². The van der Waals surface area contributed by atoms with E-state index in [0.29, 0.717) is 5.69 Å². The Hall–Kier alpha value is -1.96. The Labute approximate surface area is 99.6 Å². The molecule has 2 aromatic carbocycles. The van der Waals surface area contributed by atoms with Crippen LogP contribution in [0.5, 0.6) is 0 Å². The number of aliphatic imine (C=N–C) groups is 1. The van der Waals surface area contributed by atoms with E-state index in [9.17, 15) is 4.39 Å². The van der Waals surface area contributed by atoms with Crippen LogP contribution in [0.4, 0.5) is 10.1 Å². The van der Waals surface area contributed by atoms with Gasteiger partial charge in [-0.1, -0.05) is 30.3 Å². The Morgan fingerprint density at radius 1 is 0.882 bits per heavy atom. The summed E-state index contributed by atoms with van der Waals surface area (Å²) < 4.78 is 13.0. The first kappa shape index (κ1) is 10.2. The van der Waals surface area contributed by atoms with Gasteiger partial charge in [0.1, 0.15) is 5.82 Å². The van der Waals surface area contributed by atoms with Crippen molar-refractivity contribution in [2.75, 3.05) is 0 Å². The number of fused-ring (bicyclic) bond motifs is 1. The van der Waals surface area contributed by atoms with Gasteiger partial charge >= 0.3 is 0 Å². The Balaban J connectivity index is 1.89. The molecule has 0 unspecified atom stereocenters. The molecule has 0 radical (unpaired) electrons. The molecule has 0 amide bonds. The molecule has 84 valence electrons. The van der Waals surface area contributed by atoms with Gasteiger partial charge in [-0.25, -0.2) is 4.39 Å². The number of nitrogens with zero attached hydrogens (tertiary/aromatic N) is 1. The van der Waals surface area contributed by atoms with E-state index in [1.54, 1.807) is 6.07 Å². The van der Waals surface area contributed by atoms with Crippen LogP contribution < -0.4 is 0 Å². The zero-order valence-electron chi connectivity index (χ0n) is 9.36. The molecule has 2 heteroatoms. The monoisotopic (exact) mass is 225 g/mol. The summed E-state index contributed by atoms with van der Waals surface area (Å²) in [4.78, 5) is 4.51. The van der Waals surface area contributed by atoms with E-state index >= 15 is 0 Å². The summed E-state index contributed by atoms with van der Waals surface area (Å²) >= 11 is 0. The molecule has 1 nitrogen and oxygen atoms in total. The molecule has 0 atom stereocenters. The summed E-state index contributed by atoms with van der Waals surface area (Å²) in [5.74, 6) is -0.234. The van der Waals surface area contributed by atoms with E-state index in [2.05, 4.69) is 17.1 Å². The summed E-state index contributed by atoms with van der Waals surface area (Å²) in [6, 6.07) is 14.8. The van der Waals surface area contributed by atoms with Crippen LogP contribution in [0.15, 0.2) is 53.5 Å². The molecule has 1 aliphatic rings. The standard InChI is InChI=1S/C15H12FN/c16-13-6-3-7-14(10-13)17-15-8-11-4-1-2-5-12(11)9-15/h1-7,10H,8-9H2. The summed E-state index contributed by atoms with van der Waals surface area (Å²) in [7, 11) is 0. The van der Waals surface area contributed by atoms with Crippen molar-refractivity contribution in [2.45, 2.75) is 12.8 Å². The average Bonchev–Trinajstić information content (AvgIpc) is 2.71. The maximum absolute atomic E-state index is 13.0. The molecule has 0 N–H and O–H groups in total. The average molecular weight is 225 g/mol. The van der Waals surface area contributed by atoms with Gasteiger partial charge in [0.15, 0.2) is 0 Å². The number of halogens is 1. The van der Waals surface area contributed by atoms with Crippen LogP contribution in [0.2, 0.25) is 0 Å². The van der Waals surface area contributed by atoms with E-state index in [-0.39, 0.29) is 5.82 Å². The second kappa shape index (κ2) is 4.13. The molecule has 0 aliphatic heterocycles. The SMILES string of the molecule is Fc1cccc(N=C2Cc3ccccc3C2)c1. The summed E-state index contributed by atoms with van der Waals surface area (Å²) in [5.41, 5.74) is 4.48. The Bertz CT molecular complexity index is 560. The van der Waals surface area contributed by atoms with Crippen LogP contribution in [-0.4, -0.2) is 5.71 Å². The fourth-order valence-electron chi connectivity index (χ4n) is 2.21. The van der Waals surface area contributed by atoms with E-state index in [1.807, 2.05) is 18.2 Å². The molecule has 0 saturated carbocycles. The maximum atomic E-state index is 13.0. The number of hydrogen-bond donors (Lipinski definition) is 0. The van der Waals surface area contributed by atoms with Gasteiger partial charge in [0.05, 0.1) is 5.69 Å². The first-order valence-corrected chi connectivity index (χ1v) is 5.70. The lowest BCUT2D eigenvalue weighted by Crippen LogP contribution is -1.95. The Kier molecular flexibility index (Phi) is 2.48. The first-order chi connectivity index (χ1) is 8.31. The van der Waals surface area contributed by atoms with Gasteiger partial charge in [-0.05, 0) is 29.3 Å². The highest BCUT2D eigenvalue weighted by Gasteiger charge is 2.15. The third-order valence-corrected chi connectivity index (χ3v) is 3.00. The first-order valence-electron chi connectivity index (χ1n) is 5.70. The lowest BCUT2D eigenvalue weighted by molar-refractivity contribution is 0.628. The molecule has 0 heterocycles. The Morgan fingerprint density at radius 3 is 2.24 bits per heavy atom. The van der Waals surface area contributed by atoms with Crippen LogP contribution in [0.25, 0.3) is 0 Å². The van der Waals surface area contributed by atoms with Crippen molar-refractivity contribution in [1.82, 2.24) is 0 Å². The lowest BCUT2D eigenvalue weighted by Gasteiger charge is -1.97. The molecule has 0 saturated heterocycles. The largest absolute Gasteiger partial charge is 0.257 e. The fraction of sp³-hybridized carbons (Fsp3) is 0.133. The Morgan fingerprint density at radius 2 is 1.59 bits per heavy atom. The molecular weight excluding hydrogens is 213 g/mol. The number of rotatable bonds is 1. The van der Waals surface area contributed by atoms with Crippen molar-refractivity contribution in [3.63, 3.8) is 0 Å². The highest BCUT2D eigenvalue weighted by Crippen LogP contribution is 2.22. The van der Waals surface area contributed by atoms with E-state index in [4.69, 9.17) is 0 Å². The predicted octanol–water partition coefficient (Wildman–Crippen LogP) is 3.70. The van der Waals surface area contributed by atoms with E-state index in [1.165, 1.54) is 23.3 Å². The molecule has 0 aromatic heterocycles. The number of hydrogen-bond acceptors (Lipinski definition) is 1. The third-order valence-electron chi connectivity index (χ3n) is 3.00. The van der Waals surface area contributed by atoms with Crippen molar-refractivity contribution in [2.24, 2.45) is 4.99 Å². The normalized spacial score (nSPS) is 13.6. The molecule has 0 fully saturated rings. The van der Waals surface area contributed by atoms with Crippen molar-refractivity contribution >= 4 is 11.4 Å². The van der Waals surface area contributed by atoms with Crippen molar-refractivity contribution < 1.29 is 4.39 Å². The minimum absolute atomic E-state index is 0.234. The molecule has 3 rings (SSSR count). The minimum atomic E-state index is -0.234. The van der Waals surface area contributed by atoms with Gasteiger partial charge in [-0.2, -0.15) is 0 Å². The second-order valence-electron chi connectivity index (χ2n) is 4.28. The van der Waals surface area contributed by atoms with Crippen molar-refractivity contribution in [3.8, 4) is 0 Å². The van der Waals surface area contributed by atoms with Crippen LogP contribution in [0.1, 0.15) is 11.1 Å². The van der Waals surface area contributed by atoms with Gasteiger partial charge < -0.3 is 0 Å². The van der Waals surface area contributed by atoms with Crippen LogP contribution >= 0.6 is 0 Å². The predicted molar refractivity (Wildman–Crippen MR) is 67.3 cm³/mol. The minimum Gasteiger partial charge on any atom is -0.257 e. The van der Waals surface area contributed by atoms with Gasteiger partial charge in [0.25, 0.3) is 0 Å². The van der Waals surface area contributed by atoms with E-state index in [0.717, 1.165) is 18.6 Å². The smallest absolute Gasteiger partial charge is 0.125 e. The van der Waals surface area contributed by atoms with Gasteiger partial charge in [0.2, 0.25) is 0 Å². The fourth-order valence-corrected chi connectivity index (χ4v) is 2.21. The quantitative estimate of drug-likeness (QED) is 0.701. The highest BCUT2D eigenvalue weighted by atomic mass is 19.1. The van der Waals surface area contributed by atoms with Crippen LogP contribution in [-0.2, 0) is 12.8 Å². The molecule has 2 aromatic rings. The molecule has 1 aliphatic carbocycles. The number of benzene rings is 2. The van der Waals surface area contributed by atoms with Gasteiger partial charge in [-0.15, -0.1) is 0 Å². The maximum Gasteiger partial charge on any atom is 0.125 e. The summed E-state index contributed by atoms with van der Waals surface area (Å²) in [5, 5.41) is 0. The summed E-state index contributed by atoms with van der Waals surface area (Å²) in [6.07, 6.45) is 1.76. The van der Waals surface area contributed by atoms with Gasteiger partial charge in [-0.3, -0.25) is 4.99 Å².